The lowest BCUT2D eigenvalue weighted by Crippen LogP contribution is -2.40. The summed E-state index contributed by atoms with van der Waals surface area (Å²) >= 11 is 1.95. The van der Waals surface area contributed by atoms with E-state index in [4.69, 9.17) is 5.73 Å². The molecule has 2 heteroatoms. The van der Waals surface area contributed by atoms with E-state index >= 15 is 0 Å². The van der Waals surface area contributed by atoms with E-state index in [2.05, 4.69) is 30.3 Å². The van der Waals surface area contributed by atoms with E-state index in [-0.39, 0.29) is 0 Å². The molecule has 0 heterocycles. The van der Waals surface area contributed by atoms with Crippen LogP contribution < -0.4 is 5.73 Å². The fraction of sp³-hybridized carbons (Fsp3) is 0.455. The predicted molar refractivity (Wildman–Crippen MR) is 57.9 cm³/mol. The molecule has 2 N–H and O–H groups in total. The highest BCUT2D eigenvalue weighted by Crippen LogP contribution is 2.46. The fourth-order valence-corrected chi connectivity index (χ4v) is 3.03. The minimum atomic E-state index is 0.362. The summed E-state index contributed by atoms with van der Waals surface area (Å²) in [6, 6.07) is 10.6. The minimum Gasteiger partial charge on any atom is -0.329 e. The Hall–Kier alpha value is -0.470. The Morgan fingerprint density at radius 2 is 1.92 bits per heavy atom. The van der Waals surface area contributed by atoms with Gasteiger partial charge in [0, 0.05) is 16.2 Å². The standard InChI is InChI=1S/C11H15NS/c12-9-11(7-4-8-11)13-10-5-2-1-3-6-10/h1-3,5-6H,4,7-9,12H2. The van der Waals surface area contributed by atoms with Crippen molar-refractivity contribution in [3.63, 3.8) is 0 Å². The highest BCUT2D eigenvalue weighted by molar-refractivity contribution is 8.00. The molecule has 0 aromatic heterocycles. The topological polar surface area (TPSA) is 26.0 Å². The van der Waals surface area contributed by atoms with Crippen LogP contribution in [0, 0.1) is 0 Å². The van der Waals surface area contributed by atoms with Crippen LogP contribution in [-0.4, -0.2) is 11.3 Å². The molecule has 0 atom stereocenters. The molecule has 0 aliphatic heterocycles. The molecule has 13 heavy (non-hydrogen) atoms. The second-order valence-electron chi connectivity index (χ2n) is 3.66. The Labute approximate surface area is 83.7 Å². The van der Waals surface area contributed by atoms with Crippen LogP contribution in [0.15, 0.2) is 35.2 Å². The van der Waals surface area contributed by atoms with Gasteiger partial charge in [0.15, 0.2) is 0 Å². The molecule has 1 saturated carbocycles. The van der Waals surface area contributed by atoms with Crippen LogP contribution in [0.3, 0.4) is 0 Å². The van der Waals surface area contributed by atoms with Crippen molar-refractivity contribution >= 4 is 11.8 Å². The molecule has 1 aromatic carbocycles. The first-order valence-electron chi connectivity index (χ1n) is 4.79. The summed E-state index contributed by atoms with van der Waals surface area (Å²) < 4.78 is 0.362. The minimum absolute atomic E-state index is 0.362. The van der Waals surface area contributed by atoms with Gasteiger partial charge in [0.25, 0.3) is 0 Å². The van der Waals surface area contributed by atoms with E-state index in [1.54, 1.807) is 0 Å². The zero-order valence-electron chi connectivity index (χ0n) is 7.70. The molecule has 1 aliphatic rings. The first-order chi connectivity index (χ1) is 6.35. The maximum atomic E-state index is 5.80. The van der Waals surface area contributed by atoms with Crippen LogP contribution in [-0.2, 0) is 0 Å². The number of nitrogens with two attached hydrogens (primary N) is 1. The van der Waals surface area contributed by atoms with Gasteiger partial charge in [-0.1, -0.05) is 24.6 Å². The SMILES string of the molecule is NCC1(Sc2ccccc2)CCC1. The molecule has 1 fully saturated rings. The lowest BCUT2D eigenvalue weighted by molar-refractivity contribution is 0.371. The van der Waals surface area contributed by atoms with Gasteiger partial charge >= 0.3 is 0 Å². The highest BCUT2D eigenvalue weighted by Gasteiger charge is 2.36. The summed E-state index contributed by atoms with van der Waals surface area (Å²) in [5.41, 5.74) is 5.80. The summed E-state index contributed by atoms with van der Waals surface area (Å²) in [5, 5.41) is 0. The van der Waals surface area contributed by atoms with Crippen molar-refractivity contribution < 1.29 is 0 Å². The van der Waals surface area contributed by atoms with E-state index in [1.165, 1.54) is 24.2 Å². The molecule has 2 rings (SSSR count). The van der Waals surface area contributed by atoms with Gasteiger partial charge in [0.05, 0.1) is 0 Å². The molecular weight excluding hydrogens is 178 g/mol. The van der Waals surface area contributed by atoms with Gasteiger partial charge in [-0.2, -0.15) is 0 Å². The van der Waals surface area contributed by atoms with Crippen molar-refractivity contribution in [2.24, 2.45) is 5.73 Å². The summed E-state index contributed by atoms with van der Waals surface area (Å²) in [6.07, 6.45) is 3.91. The second-order valence-corrected chi connectivity index (χ2v) is 5.20. The van der Waals surface area contributed by atoms with Crippen LogP contribution in [0.5, 0.6) is 0 Å². The molecule has 0 radical (unpaired) electrons. The Balaban J connectivity index is 2.05. The van der Waals surface area contributed by atoms with Crippen molar-refractivity contribution in [3.8, 4) is 0 Å². The molecule has 70 valence electrons. The largest absolute Gasteiger partial charge is 0.329 e. The quantitative estimate of drug-likeness (QED) is 0.798. The zero-order valence-corrected chi connectivity index (χ0v) is 8.52. The predicted octanol–water partition coefficient (Wildman–Crippen LogP) is 2.66. The molecule has 0 saturated heterocycles. The van der Waals surface area contributed by atoms with E-state index in [0.29, 0.717) is 4.75 Å². The molecule has 0 amide bonds. The van der Waals surface area contributed by atoms with Gasteiger partial charge in [-0.05, 0) is 25.0 Å². The average molecular weight is 193 g/mol. The monoisotopic (exact) mass is 193 g/mol. The number of rotatable bonds is 3. The first kappa shape index (κ1) is 9.10. The van der Waals surface area contributed by atoms with Gasteiger partial charge < -0.3 is 5.73 Å². The number of hydrogen-bond donors (Lipinski definition) is 1. The maximum Gasteiger partial charge on any atom is 0.0329 e. The van der Waals surface area contributed by atoms with Gasteiger partial charge in [0.1, 0.15) is 0 Å². The van der Waals surface area contributed by atoms with Crippen molar-refractivity contribution in [1.29, 1.82) is 0 Å². The lowest BCUT2D eigenvalue weighted by atomic mass is 9.84. The smallest absolute Gasteiger partial charge is 0.0329 e. The van der Waals surface area contributed by atoms with Crippen LogP contribution in [0.25, 0.3) is 0 Å². The van der Waals surface area contributed by atoms with Crippen LogP contribution in [0.4, 0.5) is 0 Å². The normalized spacial score (nSPS) is 19.5. The Kier molecular flexibility index (Phi) is 2.61. The third-order valence-electron chi connectivity index (χ3n) is 2.71. The number of thioether (sulfide) groups is 1. The molecule has 1 aliphatic carbocycles. The van der Waals surface area contributed by atoms with Crippen molar-refractivity contribution in [1.82, 2.24) is 0 Å². The highest BCUT2D eigenvalue weighted by atomic mass is 32.2. The van der Waals surface area contributed by atoms with E-state index in [0.717, 1.165) is 6.54 Å². The summed E-state index contributed by atoms with van der Waals surface area (Å²) in [4.78, 5) is 1.35. The zero-order chi connectivity index (χ0) is 9.15. The van der Waals surface area contributed by atoms with Crippen LogP contribution in [0.2, 0.25) is 0 Å². The average Bonchev–Trinajstić information content (AvgIpc) is 2.13. The Morgan fingerprint density at radius 1 is 1.23 bits per heavy atom. The third-order valence-corrected chi connectivity index (χ3v) is 4.23. The van der Waals surface area contributed by atoms with Crippen LogP contribution >= 0.6 is 11.8 Å². The molecule has 1 nitrogen and oxygen atoms in total. The third kappa shape index (κ3) is 1.89. The van der Waals surface area contributed by atoms with Gasteiger partial charge in [0.2, 0.25) is 0 Å². The van der Waals surface area contributed by atoms with Crippen molar-refractivity contribution in [2.45, 2.75) is 28.9 Å². The van der Waals surface area contributed by atoms with Gasteiger partial charge in [-0.3, -0.25) is 0 Å². The molecular formula is C11H15NS. The molecule has 0 unspecified atom stereocenters. The maximum absolute atomic E-state index is 5.80. The Bertz CT molecular complexity index is 261. The van der Waals surface area contributed by atoms with E-state index in [9.17, 15) is 0 Å². The summed E-state index contributed by atoms with van der Waals surface area (Å²) in [6.45, 7) is 0.812. The van der Waals surface area contributed by atoms with E-state index in [1.807, 2.05) is 11.8 Å². The lowest BCUT2D eigenvalue weighted by Gasteiger charge is -2.40. The summed E-state index contributed by atoms with van der Waals surface area (Å²) in [7, 11) is 0. The second kappa shape index (κ2) is 3.72. The molecule has 1 aromatic rings. The number of benzene rings is 1. The summed E-state index contributed by atoms with van der Waals surface area (Å²) in [5.74, 6) is 0. The van der Waals surface area contributed by atoms with Gasteiger partial charge in [-0.25, -0.2) is 0 Å². The Morgan fingerprint density at radius 3 is 2.38 bits per heavy atom. The fourth-order valence-electron chi connectivity index (χ4n) is 1.66. The van der Waals surface area contributed by atoms with Crippen LogP contribution in [0.1, 0.15) is 19.3 Å². The van der Waals surface area contributed by atoms with Crippen molar-refractivity contribution in [2.75, 3.05) is 6.54 Å². The van der Waals surface area contributed by atoms with E-state index < -0.39 is 0 Å². The molecule has 0 bridgehead atoms. The van der Waals surface area contributed by atoms with Gasteiger partial charge in [-0.15, -0.1) is 11.8 Å². The first-order valence-corrected chi connectivity index (χ1v) is 5.60. The number of hydrogen-bond acceptors (Lipinski definition) is 2. The van der Waals surface area contributed by atoms with Crippen molar-refractivity contribution in [3.05, 3.63) is 30.3 Å². The molecule has 0 spiro atoms.